The van der Waals surface area contributed by atoms with Gasteiger partial charge < -0.3 is 48.0 Å². The number of likely N-dealkylation sites (tertiary alicyclic amines) is 1. The largest absolute Gasteiger partial charge is 0.496 e. The Hall–Kier alpha value is -5.15. The Labute approximate surface area is 308 Å². The highest BCUT2D eigenvalue weighted by Gasteiger charge is 2.40. The molecule has 1 heterocycles. The number of β-amino-alcohol motifs (C(OH)–C–C–N with tert-alkyl or cyclic N) is 1. The second kappa shape index (κ2) is 20.2. The first-order valence-corrected chi connectivity index (χ1v) is 17.4. The molecule has 284 valence electrons. The maximum atomic E-state index is 13.0. The lowest BCUT2D eigenvalue weighted by Gasteiger charge is -2.41. The zero-order valence-electron chi connectivity index (χ0n) is 29.9. The van der Waals surface area contributed by atoms with Crippen LogP contribution in [0.3, 0.4) is 0 Å². The molecule has 53 heavy (non-hydrogen) atoms. The number of fused-ring (bicyclic) bond motifs is 1. The van der Waals surface area contributed by atoms with Crippen LogP contribution in [-0.4, -0.2) is 100 Å². The van der Waals surface area contributed by atoms with Gasteiger partial charge in [-0.15, -0.1) is 10.1 Å². The van der Waals surface area contributed by atoms with Gasteiger partial charge in [-0.25, -0.2) is 4.79 Å². The van der Waals surface area contributed by atoms with Crippen molar-refractivity contribution in [2.45, 2.75) is 37.8 Å². The van der Waals surface area contributed by atoms with Crippen LogP contribution in [0.5, 0.6) is 17.2 Å². The number of aliphatic hydroxyl groups is 1. The quantitative estimate of drug-likeness (QED) is 0.0687. The van der Waals surface area contributed by atoms with Gasteiger partial charge in [0.05, 0.1) is 79.2 Å². The SMILES string of the molecule is COc1ccccc1COCCCOc1ccc(C2C(O)CN(C(=O)OCCOCCO[N+](=O)[O-])CC2OCc2cc(OC)c3ccccc3c2)cc1. The number of methoxy groups -OCH3 is 2. The molecule has 1 aliphatic heterocycles. The molecule has 1 aliphatic rings. The van der Waals surface area contributed by atoms with Crippen molar-refractivity contribution in [2.75, 3.05) is 67.0 Å². The summed E-state index contributed by atoms with van der Waals surface area (Å²) in [6, 6.07) is 27.2. The summed E-state index contributed by atoms with van der Waals surface area (Å²) < 4.78 is 39.9. The summed E-state index contributed by atoms with van der Waals surface area (Å²) in [6.45, 7) is 1.53. The molecule has 1 amide bonds. The molecular weight excluding hydrogens is 688 g/mol. The highest BCUT2D eigenvalue weighted by atomic mass is 17.0. The van der Waals surface area contributed by atoms with Crippen molar-refractivity contribution in [2.24, 2.45) is 0 Å². The average molecular weight is 735 g/mol. The normalized spacial score (nSPS) is 17.0. The van der Waals surface area contributed by atoms with Crippen LogP contribution in [0.1, 0.15) is 29.0 Å². The van der Waals surface area contributed by atoms with Crippen LogP contribution in [0.15, 0.2) is 84.9 Å². The number of carbonyl (C=O) groups is 1. The van der Waals surface area contributed by atoms with E-state index in [0.29, 0.717) is 32.0 Å². The maximum Gasteiger partial charge on any atom is 0.410 e. The summed E-state index contributed by atoms with van der Waals surface area (Å²) in [6.07, 6.45) is -1.49. The highest BCUT2D eigenvalue weighted by molar-refractivity contribution is 5.89. The smallest absolute Gasteiger partial charge is 0.410 e. The number of para-hydroxylation sites is 1. The molecular formula is C39H46N2O12. The Kier molecular flexibility index (Phi) is 14.9. The van der Waals surface area contributed by atoms with Crippen molar-refractivity contribution >= 4 is 16.9 Å². The molecule has 4 aromatic rings. The number of ether oxygens (including phenoxy) is 7. The summed E-state index contributed by atoms with van der Waals surface area (Å²) >= 11 is 0. The zero-order chi connectivity index (χ0) is 37.4. The van der Waals surface area contributed by atoms with Crippen molar-refractivity contribution in [1.29, 1.82) is 0 Å². The first-order valence-electron chi connectivity index (χ1n) is 17.4. The molecule has 0 bridgehead atoms. The second-order valence-electron chi connectivity index (χ2n) is 12.3. The lowest BCUT2D eigenvalue weighted by Crippen LogP contribution is -2.53. The van der Waals surface area contributed by atoms with Crippen LogP contribution in [0.2, 0.25) is 0 Å². The van der Waals surface area contributed by atoms with Crippen molar-refractivity contribution < 1.29 is 53.0 Å². The molecule has 14 nitrogen and oxygen atoms in total. The molecule has 1 N–H and O–H groups in total. The first-order chi connectivity index (χ1) is 25.9. The van der Waals surface area contributed by atoms with E-state index < -0.39 is 29.3 Å². The van der Waals surface area contributed by atoms with E-state index in [1.54, 1.807) is 14.2 Å². The third kappa shape index (κ3) is 11.4. The predicted molar refractivity (Wildman–Crippen MR) is 194 cm³/mol. The fourth-order valence-electron chi connectivity index (χ4n) is 6.22. The Morgan fingerprint density at radius 3 is 2.38 bits per heavy atom. The molecule has 0 saturated carbocycles. The van der Waals surface area contributed by atoms with E-state index in [1.165, 1.54) is 4.90 Å². The van der Waals surface area contributed by atoms with Gasteiger partial charge in [-0.3, -0.25) is 0 Å². The molecule has 3 unspecified atom stereocenters. The topological polar surface area (TPSA) is 158 Å². The number of hydrogen-bond acceptors (Lipinski definition) is 12. The summed E-state index contributed by atoms with van der Waals surface area (Å²) in [5, 5.41) is 22.8. The van der Waals surface area contributed by atoms with Gasteiger partial charge in [0.25, 0.3) is 5.09 Å². The number of nitrogens with zero attached hydrogens (tertiary/aromatic N) is 2. The van der Waals surface area contributed by atoms with E-state index in [2.05, 4.69) is 4.84 Å². The van der Waals surface area contributed by atoms with Crippen molar-refractivity contribution in [1.82, 2.24) is 4.90 Å². The number of amides is 1. The fraction of sp³-hybridized carbons (Fsp3) is 0.410. The summed E-state index contributed by atoms with van der Waals surface area (Å²) in [4.78, 5) is 28.9. The predicted octanol–water partition coefficient (Wildman–Crippen LogP) is 5.55. The third-order valence-electron chi connectivity index (χ3n) is 8.74. The van der Waals surface area contributed by atoms with Gasteiger partial charge in [0.15, 0.2) is 0 Å². The van der Waals surface area contributed by atoms with Gasteiger partial charge in [-0.2, -0.15) is 0 Å². The van der Waals surface area contributed by atoms with E-state index >= 15 is 0 Å². The molecule has 0 aliphatic carbocycles. The number of rotatable bonds is 20. The fourth-order valence-corrected chi connectivity index (χ4v) is 6.22. The number of carbonyl (C=O) groups excluding carboxylic acids is 1. The molecule has 0 spiro atoms. The number of piperidine rings is 1. The van der Waals surface area contributed by atoms with E-state index in [0.717, 1.165) is 39.0 Å². The van der Waals surface area contributed by atoms with Crippen LogP contribution < -0.4 is 14.2 Å². The Morgan fingerprint density at radius 1 is 0.830 bits per heavy atom. The van der Waals surface area contributed by atoms with Gasteiger partial charge in [-0.1, -0.05) is 54.6 Å². The molecule has 3 atom stereocenters. The monoisotopic (exact) mass is 734 g/mol. The van der Waals surface area contributed by atoms with Crippen molar-refractivity contribution in [3.63, 3.8) is 0 Å². The Bertz CT molecular complexity index is 1750. The van der Waals surface area contributed by atoms with Gasteiger partial charge in [0, 0.05) is 23.3 Å². The maximum absolute atomic E-state index is 13.0. The second-order valence-corrected chi connectivity index (χ2v) is 12.3. The van der Waals surface area contributed by atoms with E-state index in [1.807, 2.05) is 84.9 Å². The third-order valence-corrected chi connectivity index (χ3v) is 8.74. The van der Waals surface area contributed by atoms with Crippen LogP contribution >= 0.6 is 0 Å². The van der Waals surface area contributed by atoms with Crippen LogP contribution in [0, 0.1) is 10.1 Å². The molecule has 0 radical (unpaired) electrons. The van der Waals surface area contributed by atoms with Gasteiger partial charge >= 0.3 is 6.09 Å². The lowest BCUT2D eigenvalue weighted by molar-refractivity contribution is -0.758. The Morgan fingerprint density at radius 2 is 1.58 bits per heavy atom. The van der Waals surface area contributed by atoms with Gasteiger partial charge in [0.2, 0.25) is 0 Å². The molecule has 4 aromatic carbocycles. The van der Waals surface area contributed by atoms with Gasteiger partial charge in [-0.05, 0) is 46.8 Å². The van der Waals surface area contributed by atoms with Gasteiger partial charge in [0.1, 0.15) is 30.5 Å². The van der Waals surface area contributed by atoms with E-state index in [9.17, 15) is 20.0 Å². The molecule has 1 saturated heterocycles. The van der Waals surface area contributed by atoms with Crippen molar-refractivity contribution in [3.05, 3.63) is 112 Å². The van der Waals surface area contributed by atoms with E-state index in [-0.39, 0.29) is 46.1 Å². The number of hydrogen-bond donors (Lipinski definition) is 1. The number of benzene rings is 4. The van der Waals surface area contributed by atoms with Crippen LogP contribution in [0.4, 0.5) is 4.79 Å². The van der Waals surface area contributed by atoms with E-state index in [4.69, 9.17) is 33.2 Å². The molecule has 14 heteroatoms. The Balaban J connectivity index is 1.19. The standard InChI is InChI=1S/C39H46N2O12/c1-46-35-11-6-4-9-31(35)27-49-16-7-17-50-32-14-12-29(13-15-32)38-34(42)24-40(39(43)51-20-18-48-19-21-53-41(44)45)25-37(38)52-26-28-22-30-8-3-5-10-33(30)36(23-28)47-2/h3-6,8-15,22-23,34,37-38,42H,7,16-21,24-27H2,1-2H3. The summed E-state index contributed by atoms with van der Waals surface area (Å²) in [5.41, 5.74) is 2.70. The lowest BCUT2D eigenvalue weighted by atomic mass is 9.84. The van der Waals surface area contributed by atoms with Crippen LogP contribution in [-0.2, 0) is 37.0 Å². The summed E-state index contributed by atoms with van der Waals surface area (Å²) in [7, 11) is 3.26. The minimum Gasteiger partial charge on any atom is -0.496 e. The summed E-state index contributed by atoms with van der Waals surface area (Å²) in [5.74, 6) is 1.74. The molecule has 0 aromatic heterocycles. The average Bonchev–Trinajstić information content (AvgIpc) is 3.17. The highest BCUT2D eigenvalue weighted by Crippen LogP contribution is 2.34. The molecule has 5 rings (SSSR count). The van der Waals surface area contributed by atoms with Crippen LogP contribution in [0.25, 0.3) is 10.8 Å². The molecule has 1 fully saturated rings. The first kappa shape index (κ1) is 39.1. The zero-order valence-corrected chi connectivity index (χ0v) is 29.9. The number of aliphatic hydroxyl groups excluding tert-OH is 1. The minimum atomic E-state index is -0.963. The minimum absolute atomic E-state index is 0.0256. The van der Waals surface area contributed by atoms with Crippen molar-refractivity contribution in [3.8, 4) is 17.2 Å².